The summed E-state index contributed by atoms with van der Waals surface area (Å²) in [6, 6.07) is 5.12. The molecule has 0 unspecified atom stereocenters. The second-order valence-electron chi connectivity index (χ2n) is 4.86. The Morgan fingerprint density at radius 3 is 2.16 bits per heavy atom. The van der Waals surface area contributed by atoms with Gasteiger partial charge in [0, 0.05) is 18.0 Å². The highest BCUT2D eigenvalue weighted by atomic mass is 16.5. The van der Waals surface area contributed by atoms with Crippen LogP contribution in [0.2, 0.25) is 0 Å². The molecule has 1 aromatic carbocycles. The lowest BCUT2D eigenvalue weighted by Gasteiger charge is -2.23. The number of ether oxygens (including phenoxy) is 4. The van der Waals surface area contributed by atoms with Crippen LogP contribution in [0, 0.1) is 0 Å². The molecular weight excluding hydrogens is 326 g/mol. The van der Waals surface area contributed by atoms with Gasteiger partial charge in [0.2, 0.25) is 0 Å². The number of nitrogens with zero attached hydrogens (tertiary/aromatic N) is 1. The van der Waals surface area contributed by atoms with Gasteiger partial charge in [-0.05, 0) is 24.3 Å². The summed E-state index contributed by atoms with van der Waals surface area (Å²) in [4.78, 5) is 26.0. The number of esters is 2. The number of methoxy groups -OCH3 is 4. The van der Waals surface area contributed by atoms with Crippen LogP contribution < -0.4 is 14.4 Å². The second-order valence-corrected chi connectivity index (χ2v) is 4.86. The summed E-state index contributed by atoms with van der Waals surface area (Å²) in [5.41, 5.74) is 0.695. The van der Waals surface area contributed by atoms with Gasteiger partial charge in [-0.3, -0.25) is 0 Å². The number of carbonyl (C=O) groups is 2. The van der Waals surface area contributed by atoms with Crippen molar-refractivity contribution in [3.63, 3.8) is 0 Å². The van der Waals surface area contributed by atoms with Crippen LogP contribution in [0.25, 0.3) is 0 Å². The molecule has 7 nitrogen and oxygen atoms in total. The minimum Gasteiger partial charge on any atom is -0.493 e. The molecule has 2 rings (SSSR count). The number of hydrogen-bond donors (Lipinski definition) is 0. The molecule has 132 valence electrons. The number of benzene rings is 1. The molecular formula is C18H19NO6. The van der Waals surface area contributed by atoms with Gasteiger partial charge in [-0.15, -0.1) is 0 Å². The quantitative estimate of drug-likeness (QED) is 0.757. The Hall–Kier alpha value is -3.22. The second kappa shape index (κ2) is 8.05. The van der Waals surface area contributed by atoms with Crippen LogP contribution in [-0.2, 0) is 19.1 Å². The van der Waals surface area contributed by atoms with Crippen molar-refractivity contribution in [1.82, 2.24) is 0 Å². The van der Waals surface area contributed by atoms with Gasteiger partial charge in [-0.1, -0.05) is 6.08 Å². The zero-order chi connectivity index (χ0) is 18.4. The van der Waals surface area contributed by atoms with E-state index in [9.17, 15) is 9.59 Å². The predicted octanol–water partition coefficient (Wildman–Crippen LogP) is 2.19. The molecule has 0 saturated heterocycles. The fourth-order valence-corrected chi connectivity index (χ4v) is 2.34. The Morgan fingerprint density at radius 2 is 1.56 bits per heavy atom. The van der Waals surface area contributed by atoms with Crippen LogP contribution in [0.5, 0.6) is 11.5 Å². The van der Waals surface area contributed by atoms with Gasteiger partial charge in [0.15, 0.2) is 11.5 Å². The smallest absolute Gasteiger partial charge is 0.355 e. The van der Waals surface area contributed by atoms with Gasteiger partial charge < -0.3 is 23.8 Å². The van der Waals surface area contributed by atoms with Crippen molar-refractivity contribution in [2.45, 2.75) is 0 Å². The first-order valence-electron chi connectivity index (χ1n) is 7.34. The van der Waals surface area contributed by atoms with Crippen LogP contribution in [0.3, 0.4) is 0 Å². The fourth-order valence-electron chi connectivity index (χ4n) is 2.34. The lowest BCUT2D eigenvalue weighted by molar-refractivity contribution is -0.139. The minimum absolute atomic E-state index is 0.0339. The van der Waals surface area contributed by atoms with E-state index in [0.717, 1.165) is 0 Å². The zero-order valence-electron chi connectivity index (χ0n) is 14.4. The fraction of sp³-hybridized carbons (Fsp3) is 0.222. The first-order chi connectivity index (χ1) is 12.1. The summed E-state index contributed by atoms with van der Waals surface area (Å²) in [7, 11) is 5.54. The van der Waals surface area contributed by atoms with Crippen LogP contribution in [0.1, 0.15) is 0 Å². The maximum atomic E-state index is 12.4. The highest BCUT2D eigenvalue weighted by Crippen LogP contribution is 2.34. The molecule has 0 saturated carbocycles. The highest BCUT2D eigenvalue weighted by molar-refractivity contribution is 6.05. The van der Waals surface area contributed by atoms with E-state index in [1.54, 1.807) is 36.6 Å². The summed E-state index contributed by atoms with van der Waals surface area (Å²) in [6.07, 6.45) is 6.46. The Bertz CT molecular complexity index is 763. The topological polar surface area (TPSA) is 74.3 Å². The van der Waals surface area contributed by atoms with Crippen molar-refractivity contribution in [2.75, 3.05) is 33.3 Å². The van der Waals surface area contributed by atoms with E-state index in [2.05, 4.69) is 0 Å². The Morgan fingerprint density at radius 1 is 0.880 bits per heavy atom. The number of rotatable bonds is 5. The molecule has 0 spiro atoms. The normalized spacial score (nSPS) is 13.4. The van der Waals surface area contributed by atoms with Crippen molar-refractivity contribution in [3.05, 3.63) is 53.9 Å². The molecule has 0 aromatic heterocycles. The molecule has 0 atom stereocenters. The van der Waals surface area contributed by atoms with Crippen LogP contribution in [-0.4, -0.2) is 40.4 Å². The maximum Gasteiger partial charge on any atom is 0.355 e. The Labute approximate surface area is 145 Å². The summed E-state index contributed by atoms with van der Waals surface area (Å²) >= 11 is 0. The third-order valence-electron chi connectivity index (χ3n) is 3.53. The predicted molar refractivity (Wildman–Crippen MR) is 91.4 cm³/mol. The van der Waals surface area contributed by atoms with Crippen molar-refractivity contribution in [2.24, 2.45) is 0 Å². The third kappa shape index (κ3) is 3.65. The lowest BCUT2D eigenvalue weighted by atomic mass is 10.1. The van der Waals surface area contributed by atoms with Gasteiger partial charge >= 0.3 is 11.9 Å². The average Bonchev–Trinajstić information content (AvgIpc) is 2.88. The largest absolute Gasteiger partial charge is 0.493 e. The van der Waals surface area contributed by atoms with E-state index < -0.39 is 11.9 Å². The highest BCUT2D eigenvalue weighted by Gasteiger charge is 2.27. The van der Waals surface area contributed by atoms with Crippen LogP contribution in [0.15, 0.2) is 53.9 Å². The average molecular weight is 345 g/mol. The van der Waals surface area contributed by atoms with Gasteiger partial charge in [0.25, 0.3) is 0 Å². The molecule has 25 heavy (non-hydrogen) atoms. The van der Waals surface area contributed by atoms with E-state index in [4.69, 9.17) is 18.9 Å². The first kappa shape index (κ1) is 18.1. The van der Waals surface area contributed by atoms with Crippen molar-refractivity contribution in [3.8, 4) is 11.5 Å². The van der Waals surface area contributed by atoms with Crippen molar-refractivity contribution >= 4 is 17.6 Å². The first-order valence-corrected chi connectivity index (χ1v) is 7.34. The molecule has 0 radical (unpaired) electrons. The molecule has 0 N–H and O–H groups in total. The van der Waals surface area contributed by atoms with Gasteiger partial charge in [-0.25, -0.2) is 9.59 Å². The van der Waals surface area contributed by atoms with Gasteiger partial charge in [0.05, 0.1) is 34.0 Å². The Kier molecular flexibility index (Phi) is 5.84. The SMILES string of the molecule is COC(=O)C1=C(C(=O)OC)N(c2ccc(OC)c(OC)c2)C=CC=C1. The Balaban J connectivity index is 2.64. The molecule has 1 aliphatic rings. The molecule has 0 aliphatic carbocycles. The summed E-state index contributed by atoms with van der Waals surface area (Å²) < 4.78 is 20.2. The number of hydrogen-bond acceptors (Lipinski definition) is 7. The van der Waals surface area contributed by atoms with Crippen LogP contribution in [0.4, 0.5) is 5.69 Å². The van der Waals surface area contributed by atoms with E-state index in [1.807, 2.05) is 0 Å². The molecule has 0 bridgehead atoms. The molecule has 1 aliphatic heterocycles. The molecule has 0 amide bonds. The number of anilines is 1. The monoisotopic (exact) mass is 345 g/mol. The van der Waals surface area contributed by atoms with E-state index in [-0.39, 0.29) is 11.3 Å². The number of allylic oxidation sites excluding steroid dienone is 2. The van der Waals surface area contributed by atoms with E-state index in [0.29, 0.717) is 17.2 Å². The summed E-state index contributed by atoms with van der Waals surface area (Å²) in [5, 5.41) is 0. The van der Waals surface area contributed by atoms with Crippen molar-refractivity contribution in [1.29, 1.82) is 0 Å². The molecule has 1 aromatic rings. The lowest BCUT2D eigenvalue weighted by Crippen LogP contribution is -2.27. The van der Waals surface area contributed by atoms with E-state index in [1.165, 1.54) is 39.4 Å². The van der Waals surface area contributed by atoms with Gasteiger partial charge in [-0.2, -0.15) is 0 Å². The molecule has 1 heterocycles. The van der Waals surface area contributed by atoms with Crippen molar-refractivity contribution < 1.29 is 28.5 Å². The standard InChI is InChI=1S/C18H19NO6/c1-22-14-9-8-12(11-15(14)23-2)19-10-6-5-7-13(17(20)24-3)16(19)18(21)25-4/h5-11H,1-4H3. The molecule has 0 fully saturated rings. The third-order valence-corrected chi connectivity index (χ3v) is 3.53. The number of carbonyl (C=O) groups excluding carboxylic acids is 2. The van der Waals surface area contributed by atoms with Gasteiger partial charge in [0.1, 0.15) is 5.70 Å². The summed E-state index contributed by atoms with van der Waals surface area (Å²) in [5.74, 6) is -0.299. The molecule has 7 heteroatoms. The summed E-state index contributed by atoms with van der Waals surface area (Å²) in [6.45, 7) is 0. The maximum absolute atomic E-state index is 12.4. The van der Waals surface area contributed by atoms with Crippen LogP contribution >= 0.6 is 0 Å². The minimum atomic E-state index is -0.675. The van der Waals surface area contributed by atoms with E-state index >= 15 is 0 Å². The zero-order valence-corrected chi connectivity index (χ0v) is 14.4.